The molecule has 0 saturated carbocycles. The van der Waals surface area contributed by atoms with E-state index in [1.165, 1.54) is 0 Å². The standard InChI is InChI=1S/C3H2BrN2.Ag/c4-3-1-5-6-2-3;/h1-2H;/q-1;+1. The Hall–Kier alpha value is 0.430. The Morgan fingerprint density at radius 1 is 1.71 bits per heavy atom. The van der Waals surface area contributed by atoms with Crippen LogP contribution in [0.2, 0.25) is 0 Å². The van der Waals surface area contributed by atoms with Crippen LogP contribution in [0.3, 0.4) is 0 Å². The van der Waals surface area contributed by atoms with Crippen molar-refractivity contribution in [2.24, 2.45) is 0 Å². The van der Waals surface area contributed by atoms with Gasteiger partial charge in [0.05, 0.1) is 0 Å². The van der Waals surface area contributed by atoms with Gasteiger partial charge in [-0.25, -0.2) is 0 Å². The molecule has 0 aromatic carbocycles. The van der Waals surface area contributed by atoms with Crippen LogP contribution in [0.15, 0.2) is 16.9 Å². The first kappa shape index (κ1) is 7.43. The predicted octanol–water partition coefficient (Wildman–Crippen LogP) is 0.799. The largest absolute Gasteiger partial charge is 1.00 e. The third-order valence-corrected chi connectivity index (χ3v) is 0.838. The first-order valence-electron chi connectivity index (χ1n) is 1.48. The predicted molar refractivity (Wildman–Crippen MR) is 25.3 cm³/mol. The van der Waals surface area contributed by atoms with E-state index in [2.05, 4.69) is 26.1 Å². The van der Waals surface area contributed by atoms with Gasteiger partial charge < -0.3 is 10.2 Å². The van der Waals surface area contributed by atoms with Crippen molar-refractivity contribution in [2.75, 3.05) is 0 Å². The molecule has 0 saturated heterocycles. The van der Waals surface area contributed by atoms with Crippen molar-refractivity contribution in [2.45, 2.75) is 0 Å². The number of hydrogen-bond donors (Lipinski definition) is 0. The van der Waals surface area contributed by atoms with Gasteiger partial charge in [-0.05, 0) is 0 Å². The van der Waals surface area contributed by atoms with Crippen molar-refractivity contribution < 1.29 is 22.4 Å². The SMILES string of the molecule is Brc1cn[n-]c1.[Ag+]. The van der Waals surface area contributed by atoms with Crippen LogP contribution in [0.5, 0.6) is 0 Å². The van der Waals surface area contributed by atoms with Gasteiger partial charge in [0.15, 0.2) is 0 Å². The van der Waals surface area contributed by atoms with Crippen molar-refractivity contribution in [3.63, 3.8) is 0 Å². The Bertz CT molecular complexity index is 116. The average molecular weight is 254 g/mol. The van der Waals surface area contributed by atoms with Crippen LogP contribution in [-0.4, -0.2) is 5.10 Å². The Kier molecular flexibility index (Phi) is 3.65. The molecule has 0 aliphatic carbocycles. The molecular weight excluding hydrogens is 252 g/mol. The van der Waals surface area contributed by atoms with E-state index in [0.29, 0.717) is 0 Å². The Balaban J connectivity index is 0.000000360. The smallest absolute Gasteiger partial charge is 0.581 e. The van der Waals surface area contributed by atoms with E-state index in [1.54, 1.807) is 12.4 Å². The molecule has 1 heterocycles. The fourth-order valence-electron chi connectivity index (χ4n) is 0.210. The zero-order valence-electron chi connectivity index (χ0n) is 3.23. The molecule has 0 N–H and O–H groups in total. The quantitative estimate of drug-likeness (QED) is 0.640. The maximum absolute atomic E-state index is 3.52. The fraction of sp³-hybridized carbons (Fsp3) is 0. The summed E-state index contributed by atoms with van der Waals surface area (Å²) in [5.74, 6) is 0. The van der Waals surface area contributed by atoms with Gasteiger partial charge in [0.2, 0.25) is 0 Å². The number of rotatable bonds is 0. The minimum atomic E-state index is 0. The molecule has 1 aromatic rings. The average Bonchev–Trinajstić information content (AvgIpc) is 1.86. The molecule has 0 atom stereocenters. The van der Waals surface area contributed by atoms with E-state index in [1.807, 2.05) is 0 Å². The van der Waals surface area contributed by atoms with Crippen LogP contribution in [0.1, 0.15) is 0 Å². The summed E-state index contributed by atoms with van der Waals surface area (Å²) in [6.07, 6.45) is 3.28. The molecule has 0 unspecified atom stereocenters. The Morgan fingerprint density at radius 3 is 2.57 bits per heavy atom. The van der Waals surface area contributed by atoms with Crippen LogP contribution in [-0.2, 0) is 22.4 Å². The van der Waals surface area contributed by atoms with E-state index in [-0.39, 0.29) is 22.4 Å². The zero-order chi connectivity index (χ0) is 4.41. The Morgan fingerprint density at radius 2 is 2.43 bits per heavy atom. The fourth-order valence-corrected chi connectivity index (χ4v) is 0.393. The van der Waals surface area contributed by atoms with Gasteiger partial charge >= 0.3 is 22.4 Å². The van der Waals surface area contributed by atoms with E-state index in [9.17, 15) is 0 Å². The van der Waals surface area contributed by atoms with E-state index in [4.69, 9.17) is 0 Å². The summed E-state index contributed by atoms with van der Waals surface area (Å²) in [6, 6.07) is 0. The second-order valence-electron chi connectivity index (χ2n) is 0.874. The minimum Gasteiger partial charge on any atom is -0.581 e. The zero-order valence-corrected chi connectivity index (χ0v) is 6.30. The maximum atomic E-state index is 3.52. The van der Waals surface area contributed by atoms with Crippen molar-refractivity contribution in [3.05, 3.63) is 16.9 Å². The normalized spacial score (nSPS) is 7.57. The molecule has 0 spiro atoms. The van der Waals surface area contributed by atoms with Crippen LogP contribution in [0.25, 0.3) is 0 Å². The molecule has 1 rings (SSSR count). The van der Waals surface area contributed by atoms with Crippen molar-refractivity contribution >= 4 is 15.9 Å². The number of nitrogens with zero attached hydrogens (tertiary/aromatic N) is 2. The summed E-state index contributed by atoms with van der Waals surface area (Å²) in [4.78, 5) is 0. The van der Waals surface area contributed by atoms with Gasteiger partial charge in [-0.1, -0.05) is 15.9 Å². The molecular formula is C3H2AgBrN2. The van der Waals surface area contributed by atoms with Crippen molar-refractivity contribution in [3.8, 4) is 0 Å². The summed E-state index contributed by atoms with van der Waals surface area (Å²) in [5.41, 5.74) is 0. The maximum Gasteiger partial charge on any atom is 1.00 e. The second kappa shape index (κ2) is 3.43. The molecule has 7 heavy (non-hydrogen) atoms. The summed E-state index contributed by atoms with van der Waals surface area (Å²) < 4.78 is 0.933. The molecule has 4 heteroatoms. The molecule has 0 aliphatic heterocycles. The molecule has 0 radical (unpaired) electrons. The Labute approximate surface area is 65.3 Å². The molecule has 0 fully saturated rings. The summed E-state index contributed by atoms with van der Waals surface area (Å²) in [6.45, 7) is 0. The van der Waals surface area contributed by atoms with Gasteiger partial charge in [0, 0.05) is 10.7 Å². The topological polar surface area (TPSA) is 27.0 Å². The number of aromatic nitrogens is 2. The molecule has 0 aliphatic rings. The summed E-state index contributed by atoms with van der Waals surface area (Å²) in [7, 11) is 0. The first-order chi connectivity index (χ1) is 2.89. The van der Waals surface area contributed by atoms with E-state index < -0.39 is 0 Å². The summed E-state index contributed by atoms with van der Waals surface area (Å²) >= 11 is 3.16. The molecule has 0 amide bonds. The van der Waals surface area contributed by atoms with Crippen molar-refractivity contribution in [1.82, 2.24) is 10.2 Å². The molecule has 2 nitrogen and oxygen atoms in total. The van der Waals surface area contributed by atoms with E-state index in [0.717, 1.165) is 4.47 Å². The van der Waals surface area contributed by atoms with Crippen molar-refractivity contribution in [1.29, 1.82) is 0 Å². The van der Waals surface area contributed by atoms with Crippen LogP contribution < -0.4 is 5.10 Å². The van der Waals surface area contributed by atoms with Crippen LogP contribution >= 0.6 is 15.9 Å². The minimum absolute atomic E-state index is 0. The van der Waals surface area contributed by atoms with Gasteiger partial charge in [0.1, 0.15) is 0 Å². The van der Waals surface area contributed by atoms with Gasteiger partial charge in [-0.15, -0.1) is 6.20 Å². The number of halogens is 1. The second-order valence-corrected chi connectivity index (χ2v) is 1.79. The molecule has 1 aromatic heterocycles. The molecule has 42 valence electrons. The van der Waals surface area contributed by atoms with Crippen LogP contribution in [0.4, 0.5) is 0 Å². The monoisotopic (exact) mass is 252 g/mol. The van der Waals surface area contributed by atoms with Gasteiger partial charge in [-0.2, -0.15) is 0 Å². The van der Waals surface area contributed by atoms with Gasteiger partial charge in [-0.3, -0.25) is 0 Å². The van der Waals surface area contributed by atoms with E-state index >= 15 is 0 Å². The number of hydrogen-bond acceptors (Lipinski definition) is 1. The third-order valence-electron chi connectivity index (χ3n) is 0.429. The third kappa shape index (κ3) is 2.29. The van der Waals surface area contributed by atoms with Crippen LogP contribution in [0, 0.1) is 0 Å². The molecule has 0 bridgehead atoms. The summed E-state index contributed by atoms with van der Waals surface area (Å²) in [5, 5.41) is 7.05. The first-order valence-corrected chi connectivity index (χ1v) is 2.28. The van der Waals surface area contributed by atoms with Gasteiger partial charge in [0.25, 0.3) is 0 Å².